The molecule has 0 aliphatic heterocycles. The number of benzene rings is 1. The highest BCUT2D eigenvalue weighted by Gasteiger charge is 2.21. The predicted octanol–water partition coefficient (Wildman–Crippen LogP) is 6.48. The highest BCUT2D eigenvalue weighted by Crippen LogP contribution is 2.35. The van der Waals surface area contributed by atoms with Crippen LogP contribution in [0.15, 0.2) is 42.9 Å². The van der Waals surface area contributed by atoms with Crippen molar-refractivity contribution in [3.05, 3.63) is 48.5 Å². The fourth-order valence-corrected chi connectivity index (χ4v) is 4.82. The Hall–Kier alpha value is -2.32. The van der Waals surface area contributed by atoms with Gasteiger partial charge in [0.15, 0.2) is 0 Å². The lowest BCUT2D eigenvalue weighted by molar-refractivity contribution is 0.244. The van der Waals surface area contributed by atoms with E-state index in [1.165, 1.54) is 32.1 Å². The Balaban J connectivity index is 0.000000291. The number of nitrogens with one attached hydrogen (secondary N) is 1. The lowest BCUT2D eigenvalue weighted by Crippen LogP contribution is -2.15. The average Bonchev–Trinajstić information content (AvgIpc) is 3.22. The van der Waals surface area contributed by atoms with E-state index in [1.54, 1.807) is 19.4 Å². The number of aromatic nitrogens is 5. The fourth-order valence-electron chi connectivity index (χ4n) is 4.52. The van der Waals surface area contributed by atoms with Crippen LogP contribution in [0.25, 0.3) is 27.7 Å². The minimum absolute atomic E-state index is 0.490. The Labute approximate surface area is 212 Å². The van der Waals surface area contributed by atoms with E-state index >= 15 is 0 Å². The summed E-state index contributed by atoms with van der Waals surface area (Å²) in [6, 6.07) is 8.10. The molecule has 34 heavy (non-hydrogen) atoms. The van der Waals surface area contributed by atoms with Crippen LogP contribution in [0.1, 0.15) is 58.6 Å². The number of thiol groups is 2. The van der Waals surface area contributed by atoms with Crippen molar-refractivity contribution in [1.29, 1.82) is 0 Å². The van der Waals surface area contributed by atoms with Gasteiger partial charge >= 0.3 is 0 Å². The molecule has 4 aromatic rings. The molecule has 0 spiro atoms. The Morgan fingerprint density at radius 3 is 2.35 bits per heavy atom. The molecular weight excluding hydrogens is 460 g/mol. The van der Waals surface area contributed by atoms with E-state index in [9.17, 15) is 0 Å². The molecule has 0 amide bonds. The van der Waals surface area contributed by atoms with Gasteiger partial charge in [-0.2, -0.15) is 25.3 Å². The van der Waals surface area contributed by atoms with Crippen LogP contribution >= 0.6 is 25.3 Å². The van der Waals surface area contributed by atoms with Crippen LogP contribution in [0.5, 0.6) is 0 Å². The van der Waals surface area contributed by atoms with Gasteiger partial charge in [-0.1, -0.05) is 39.2 Å². The van der Waals surface area contributed by atoms with Gasteiger partial charge < -0.3 is 5.32 Å². The molecule has 0 atom stereocenters. The summed E-state index contributed by atoms with van der Waals surface area (Å²) in [5.74, 6) is 0.560. The minimum atomic E-state index is -0.490. The number of hydrogen-bond donors (Lipinski definition) is 3. The molecule has 180 valence electrons. The second-order valence-electron chi connectivity index (χ2n) is 10.0. The average molecular weight is 495 g/mol. The molecule has 1 aliphatic rings. The highest BCUT2D eigenvalue weighted by atomic mass is 32.2. The highest BCUT2D eigenvalue weighted by molar-refractivity contribution is 8.00. The standard InChI is InChI=1S/C18H18N6S2.C8H16/c1-18(25,26)10-15-16-12(5-8-24(16)23-17(19-2)22-15)11-3-4-13-14(9-11)21-7-6-20-13;1-8(2)6-4-3-5-7-8/h3-9,25-26H,10H2,1-2H3,(H,19,23);3-7H2,1-2H3. The zero-order chi connectivity index (χ0) is 24.3. The molecule has 0 unspecified atom stereocenters. The zero-order valence-electron chi connectivity index (χ0n) is 20.4. The smallest absolute Gasteiger partial charge is 0.241 e. The van der Waals surface area contributed by atoms with Crippen LogP contribution in [0.3, 0.4) is 0 Å². The first-order chi connectivity index (χ1) is 16.1. The molecule has 1 aromatic carbocycles. The SMILES string of the molecule is CC1(C)CCCCC1.CNc1nc(CC(C)(S)S)c2c(-c3ccc4nccnc4c3)ccn2n1. The second kappa shape index (κ2) is 10.1. The number of fused-ring (bicyclic) bond motifs is 2. The molecule has 6 nitrogen and oxygen atoms in total. The monoisotopic (exact) mass is 494 g/mol. The largest absolute Gasteiger partial charge is 0.356 e. The van der Waals surface area contributed by atoms with Crippen LogP contribution in [0.2, 0.25) is 0 Å². The first-order valence-corrected chi connectivity index (χ1v) is 12.8. The molecular formula is C26H34N6S2. The van der Waals surface area contributed by atoms with Gasteiger partial charge in [-0.05, 0) is 48.9 Å². The maximum atomic E-state index is 4.66. The Kier molecular flexibility index (Phi) is 7.38. The molecule has 8 heteroatoms. The van der Waals surface area contributed by atoms with E-state index in [2.05, 4.69) is 64.5 Å². The molecule has 0 saturated heterocycles. The van der Waals surface area contributed by atoms with Crippen LogP contribution < -0.4 is 5.32 Å². The Bertz CT molecular complexity index is 1270. The van der Waals surface area contributed by atoms with Gasteiger partial charge in [0.25, 0.3) is 0 Å². The van der Waals surface area contributed by atoms with Crippen LogP contribution in [0.4, 0.5) is 5.95 Å². The van der Waals surface area contributed by atoms with E-state index in [-0.39, 0.29) is 0 Å². The van der Waals surface area contributed by atoms with Crippen molar-refractivity contribution in [1.82, 2.24) is 24.6 Å². The topological polar surface area (TPSA) is 68.0 Å². The zero-order valence-corrected chi connectivity index (χ0v) is 22.2. The Morgan fingerprint density at radius 1 is 1.03 bits per heavy atom. The normalized spacial score (nSPS) is 15.7. The number of hydrogen-bond acceptors (Lipinski definition) is 7. The first-order valence-electron chi connectivity index (χ1n) is 11.9. The molecule has 1 aliphatic carbocycles. The van der Waals surface area contributed by atoms with Crippen molar-refractivity contribution in [2.75, 3.05) is 12.4 Å². The van der Waals surface area contributed by atoms with Crippen LogP contribution in [-0.4, -0.2) is 35.7 Å². The third kappa shape index (κ3) is 6.02. The summed E-state index contributed by atoms with van der Waals surface area (Å²) in [5, 5.41) is 7.52. The molecule has 0 radical (unpaired) electrons. The molecule has 5 rings (SSSR count). The maximum Gasteiger partial charge on any atom is 0.241 e. The lowest BCUT2D eigenvalue weighted by atomic mass is 9.78. The van der Waals surface area contributed by atoms with Crippen molar-refractivity contribution < 1.29 is 0 Å². The molecule has 1 N–H and O–H groups in total. The first kappa shape index (κ1) is 24.8. The third-order valence-corrected chi connectivity index (χ3v) is 6.61. The summed E-state index contributed by atoms with van der Waals surface area (Å²) in [5.41, 5.74) is 6.32. The molecule has 1 saturated carbocycles. The predicted molar refractivity (Wildman–Crippen MR) is 148 cm³/mol. The van der Waals surface area contributed by atoms with Gasteiger partial charge in [-0.15, -0.1) is 5.10 Å². The summed E-state index contributed by atoms with van der Waals surface area (Å²) in [6.45, 7) is 6.71. The molecule has 0 bridgehead atoms. The van der Waals surface area contributed by atoms with Gasteiger partial charge in [-0.3, -0.25) is 9.97 Å². The third-order valence-electron chi connectivity index (χ3n) is 6.30. The van der Waals surface area contributed by atoms with Crippen molar-refractivity contribution in [3.8, 4) is 11.1 Å². The summed E-state index contributed by atoms with van der Waals surface area (Å²) in [7, 11) is 1.80. The molecule has 3 heterocycles. The second-order valence-corrected chi connectivity index (χ2v) is 12.4. The molecule has 1 fully saturated rings. The van der Waals surface area contributed by atoms with Crippen LogP contribution in [-0.2, 0) is 6.42 Å². The molecule has 3 aromatic heterocycles. The van der Waals surface area contributed by atoms with Crippen molar-refractivity contribution in [2.24, 2.45) is 5.41 Å². The van der Waals surface area contributed by atoms with E-state index < -0.39 is 4.08 Å². The fraction of sp³-hybridized carbons (Fsp3) is 0.462. The van der Waals surface area contributed by atoms with Gasteiger partial charge in [0, 0.05) is 37.6 Å². The van der Waals surface area contributed by atoms with E-state index in [1.807, 2.05) is 41.9 Å². The van der Waals surface area contributed by atoms with Gasteiger partial charge in [0.2, 0.25) is 5.95 Å². The summed E-state index contributed by atoms with van der Waals surface area (Å²) in [6.07, 6.45) is 13.2. The van der Waals surface area contributed by atoms with Crippen molar-refractivity contribution in [3.63, 3.8) is 0 Å². The number of anilines is 1. The minimum Gasteiger partial charge on any atom is -0.356 e. The van der Waals surface area contributed by atoms with Gasteiger partial charge in [-0.25, -0.2) is 9.50 Å². The summed E-state index contributed by atoms with van der Waals surface area (Å²) in [4.78, 5) is 13.4. The Morgan fingerprint density at radius 2 is 1.74 bits per heavy atom. The van der Waals surface area contributed by atoms with Crippen molar-refractivity contribution in [2.45, 2.75) is 63.4 Å². The van der Waals surface area contributed by atoms with Crippen molar-refractivity contribution >= 4 is 47.8 Å². The van der Waals surface area contributed by atoms with Gasteiger partial charge in [0.1, 0.15) is 0 Å². The van der Waals surface area contributed by atoms with Gasteiger partial charge in [0.05, 0.1) is 26.3 Å². The van der Waals surface area contributed by atoms with E-state index in [4.69, 9.17) is 0 Å². The summed E-state index contributed by atoms with van der Waals surface area (Å²) >= 11 is 9.12. The maximum absolute atomic E-state index is 4.66. The number of rotatable bonds is 4. The van der Waals surface area contributed by atoms with E-state index in [0.29, 0.717) is 17.8 Å². The van der Waals surface area contributed by atoms with Crippen LogP contribution in [0, 0.1) is 5.41 Å². The number of nitrogens with zero attached hydrogens (tertiary/aromatic N) is 5. The quantitative estimate of drug-likeness (QED) is 0.224. The van der Waals surface area contributed by atoms with E-state index in [0.717, 1.165) is 33.4 Å². The summed E-state index contributed by atoms with van der Waals surface area (Å²) < 4.78 is 1.36. The lowest BCUT2D eigenvalue weighted by Gasteiger charge is -2.28.